The first-order valence-electron chi connectivity index (χ1n) is 7.97. The fourth-order valence-corrected chi connectivity index (χ4v) is 4.28. The number of aliphatic carboxylic acids is 1. The lowest BCUT2D eigenvalue weighted by atomic mass is 10.0. The number of nitrogens with one attached hydrogen (secondary N) is 1. The Kier molecular flexibility index (Phi) is 5.19. The van der Waals surface area contributed by atoms with Crippen molar-refractivity contribution in [2.75, 3.05) is 12.9 Å². The molecule has 1 aromatic carbocycles. The van der Waals surface area contributed by atoms with Crippen molar-refractivity contribution in [2.45, 2.75) is 17.5 Å². The second kappa shape index (κ2) is 7.41. The number of amides is 2. The highest BCUT2D eigenvalue weighted by atomic mass is 32.2. The van der Waals surface area contributed by atoms with Gasteiger partial charge in [0.1, 0.15) is 23.2 Å². The second-order valence-electron chi connectivity index (χ2n) is 5.91. The number of hydrogen-bond donors (Lipinski definition) is 3. The van der Waals surface area contributed by atoms with Crippen LogP contribution in [0.3, 0.4) is 0 Å². The van der Waals surface area contributed by atoms with E-state index in [0.29, 0.717) is 5.56 Å². The smallest absolute Gasteiger partial charge is 0.353 e. The maximum Gasteiger partial charge on any atom is 0.353 e. The molecule has 2 aliphatic rings. The Morgan fingerprint density at radius 1 is 1.33 bits per heavy atom. The third-order valence-electron chi connectivity index (χ3n) is 4.34. The van der Waals surface area contributed by atoms with Crippen molar-refractivity contribution in [2.24, 2.45) is 5.73 Å². The summed E-state index contributed by atoms with van der Waals surface area (Å²) >= 11 is 1.17. The van der Waals surface area contributed by atoms with Gasteiger partial charge in [0.05, 0.1) is 12.7 Å². The van der Waals surface area contributed by atoms with Gasteiger partial charge in [0.25, 0.3) is 5.91 Å². The molecule has 3 atom stereocenters. The van der Waals surface area contributed by atoms with Gasteiger partial charge in [0.2, 0.25) is 5.91 Å². The predicted molar refractivity (Wildman–Crippen MR) is 95.1 cm³/mol. The molecule has 2 unspecified atom stereocenters. The first-order chi connectivity index (χ1) is 12.9. The number of carboxylic acid groups (broad SMARTS) is 1. The van der Waals surface area contributed by atoms with E-state index >= 15 is 0 Å². The second-order valence-corrected chi connectivity index (χ2v) is 7.01. The van der Waals surface area contributed by atoms with Crippen LogP contribution >= 0.6 is 11.8 Å². The molecule has 10 heteroatoms. The van der Waals surface area contributed by atoms with E-state index in [1.807, 2.05) is 0 Å². The van der Waals surface area contributed by atoms with Crippen LogP contribution in [0.5, 0.6) is 0 Å². The Hall–Kier alpha value is -2.85. The Labute approximate surface area is 158 Å². The van der Waals surface area contributed by atoms with Crippen molar-refractivity contribution in [1.82, 2.24) is 10.2 Å². The molecular weight excluding hydrogens is 374 g/mol. The number of methoxy groups -OCH3 is 1. The molecule has 0 aliphatic carbocycles. The summed E-state index contributed by atoms with van der Waals surface area (Å²) in [5.74, 6) is -3.30. The van der Waals surface area contributed by atoms with Gasteiger partial charge in [-0.3, -0.25) is 14.5 Å². The number of carboxylic acids is 1. The van der Waals surface area contributed by atoms with Gasteiger partial charge >= 0.3 is 11.9 Å². The van der Waals surface area contributed by atoms with Gasteiger partial charge in [-0.25, -0.2) is 9.59 Å². The van der Waals surface area contributed by atoms with Crippen LogP contribution in [-0.4, -0.2) is 58.0 Å². The van der Waals surface area contributed by atoms with Gasteiger partial charge < -0.3 is 20.9 Å². The maximum atomic E-state index is 12.5. The lowest BCUT2D eigenvalue weighted by Gasteiger charge is -2.49. The van der Waals surface area contributed by atoms with Crippen molar-refractivity contribution in [3.8, 4) is 0 Å². The molecule has 3 rings (SSSR count). The van der Waals surface area contributed by atoms with Crippen LogP contribution in [0.2, 0.25) is 0 Å². The highest BCUT2D eigenvalue weighted by Crippen LogP contribution is 2.40. The zero-order chi connectivity index (χ0) is 19.7. The average Bonchev–Trinajstić information content (AvgIpc) is 2.69. The first-order valence-corrected chi connectivity index (χ1v) is 9.02. The maximum absolute atomic E-state index is 12.5. The molecule has 2 aliphatic heterocycles. The molecule has 1 aromatic rings. The lowest BCUT2D eigenvalue weighted by molar-refractivity contribution is -0.151. The van der Waals surface area contributed by atoms with Crippen LogP contribution in [0.25, 0.3) is 0 Å². The number of ether oxygens (including phenoxy) is 1. The average molecular weight is 391 g/mol. The van der Waals surface area contributed by atoms with E-state index in [1.165, 1.54) is 11.8 Å². The number of fused-ring (bicyclic) bond motifs is 1. The molecule has 27 heavy (non-hydrogen) atoms. The van der Waals surface area contributed by atoms with Gasteiger partial charge in [-0.15, -0.1) is 11.8 Å². The van der Waals surface area contributed by atoms with Gasteiger partial charge in [0.15, 0.2) is 0 Å². The number of thioether (sulfide) groups is 1. The van der Waals surface area contributed by atoms with Crippen LogP contribution in [0.4, 0.5) is 0 Å². The molecule has 0 aromatic heterocycles. The van der Waals surface area contributed by atoms with E-state index in [0.717, 1.165) is 12.0 Å². The predicted octanol–water partition coefficient (Wildman–Crippen LogP) is -0.402. The van der Waals surface area contributed by atoms with E-state index in [-0.39, 0.29) is 11.3 Å². The molecule has 4 N–H and O–H groups in total. The van der Waals surface area contributed by atoms with E-state index in [2.05, 4.69) is 10.1 Å². The van der Waals surface area contributed by atoms with Crippen molar-refractivity contribution >= 4 is 35.5 Å². The third-order valence-corrected chi connectivity index (χ3v) is 5.62. The Balaban J connectivity index is 1.76. The fourth-order valence-electron chi connectivity index (χ4n) is 2.95. The molecule has 0 radical (unpaired) electrons. The summed E-state index contributed by atoms with van der Waals surface area (Å²) in [6, 6.07) is 6.80. The van der Waals surface area contributed by atoms with Crippen LogP contribution < -0.4 is 11.1 Å². The number of nitrogens with two attached hydrogens (primary N) is 1. The molecule has 0 bridgehead atoms. The number of nitrogens with zero attached hydrogens (tertiary/aromatic N) is 1. The number of carbonyl (C=O) groups excluding carboxylic acids is 3. The third kappa shape index (κ3) is 3.28. The number of benzene rings is 1. The van der Waals surface area contributed by atoms with Gasteiger partial charge in [-0.1, -0.05) is 30.3 Å². The molecule has 142 valence electrons. The molecule has 0 saturated carbocycles. The van der Waals surface area contributed by atoms with Crippen molar-refractivity contribution < 1.29 is 29.0 Å². The summed E-state index contributed by atoms with van der Waals surface area (Å²) in [5.41, 5.74) is 6.02. The van der Waals surface area contributed by atoms with Gasteiger partial charge in [-0.2, -0.15) is 0 Å². The van der Waals surface area contributed by atoms with Crippen molar-refractivity contribution in [3.05, 3.63) is 47.2 Å². The largest absolute Gasteiger partial charge is 0.477 e. The summed E-state index contributed by atoms with van der Waals surface area (Å²) in [5, 5.41) is 11.4. The summed E-state index contributed by atoms with van der Waals surface area (Å²) < 4.78 is 4.59. The SMILES string of the molecule is COC(=O)C1=C(C(=O)O)N2C(=O)C(NC(=O)C(N)c3ccccc3)[C@H]2SC1. The van der Waals surface area contributed by atoms with Crippen LogP contribution in [0, 0.1) is 0 Å². The molecule has 9 nitrogen and oxygen atoms in total. The van der Waals surface area contributed by atoms with Crippen molar-refractivity contribution in [1.29, 1.82) is 0 Å². The van der Waals surface area contributed by atoms with Crippen molar-refractivity contribution in [3.63, 3.8) is 0 Å². The Morgan fingerprint density at radius 3 is 2.59 bits per heavy atom. The molecular formula is C17H17N3O6S. The van der Waals surface area contributed by atoms with E-state index in [1.54, 1.807) is 30.3 Å². The number of rotatable bonds is 5. The highest BCUT2D eigenvalue weighted by molar-refractivity contribution is 8.00. The Morgan fingerprint density at radius 2 is 2.00 bits per heavy atom. The van der Waals surface area contributed by atoms with Crippen LogP contribution in [0.15, 0.2) is 41.6 Å². The zero-order valence-electron chi connectivity index (χ0n) is 14.2. The lowest BCUT2D eigenvalue weighted by Crippen LogP contribution is -2.71. The summed E-state index contributed by atoms with van der Waals surface area (Å²) in [6.07, 6.45) is 0. The number of carbonyl (C=O) groups is 4. The quantitative estimate of drug-likeness (QED) is 0.455. The molecule has 2 heterocycles. The summed E-state index contributed by atoms with van der Waals surface area (Å²) in [6.45, 7) is 0. The molecule has 1 fully saturated rings. The molecule has 1 saturated heterocycles. The minimum atomic E-state index is -1.40. The molecule has 2 amide bonds. The number of β-lactam (4-membered cyclic amide) rings is 1. The van der Waals surface area contributed by atoms with E-state index in [9.17, 15) is 24.3 Å². The topological polar surface area (TPSA) is 139 Å². The van der Waals surface area contributed by atoms with Gasteiger partial charge in [-0.05, 0) is 5.56 Å². The summed E-state index contributed by atoms with van der Waals surface area (Å²) in [4.78, 5) is 49.2. The zero-order valence-corrected chi connectivity index (χ0v) is 15.1. The first kappa shape index (κ1) is 18.9. The van der Waals surface area contributed by atoms with E-state index in [4.69, 9.17) is 5.73 Å². The van der Waals surface area contributed by atoms with E-state index < -0.39 is 46.9 Å². The normalized spacial score (nSPS) is 22.4. The van der Waals surface area contributed by atoms with Crippen LogP contribution in [-0.2, 0) is 23.9 Å². The highest BCUT2D eigenvalue weighted by Gasteiger charge is 2.55. The number of esters is 1. The Bertz CT molecular complexity index is 840. The monoisotopic (exact) mass is 391 g/mol. The number of hydrogen-bond acceptors (Lipinski definition) is 7. The minimum Gasteiger partial charge on any atom is -0.477 e. The summed E-state index contributed by atoms with van der Waals surface area (Å²) in [7, 11) is 1.14. The molecule has 0 spiro atoms. The fraction of sp³-hybridized carbons (Fsp3) is 0.294. The van der Waals surface area contributed by atoms with Gasteiger partial charge in [0, 0.05) is 5.75 Å². The minimum absolute atomic E-state index is 0.0554. The standard InChI is InChI=1S/C17H17N3O6S/c1-26-17(25)9-7-27-15-11(14(22)20(15)12(9)16(23)24)19-13(21)10(18)8-5-3-2-4-6-8/h2-6,10-11,15H,7,18H2,1H3,(H,19,21)(H,23,24)/t10?,11?,15-/m1/s1. The van der Waals surface area contributed by atoms with Crippen LogP contribution in [0.1, 0.15) is 11.6 Å².